The lowest BCUT2D eigenvalue weighted by Crippen LogP contribution is -2.30. The smallest absolute Gasteiger partial charge is 0.134 e. The first-order chi connectivity index (χ1) is 8.09. The van der Waals surface area contributed by atoms with Crippen molar-refractivity contribution in [2.45, 2.75) is 40.3 Å². The molecule has 0 bridgehead atoms. The van der Waals surface area contributed by atoms with E-state index in [9.17, 15) is 0 Å². The zero-order chi connectivity index (χ0) is 12.4. The number of furan rings is 1. The zero-order valence-corrected chi connectivity index (χ0v) is 11.1. The quantitative estimate of drug-likeness (QED) is 0.864. The van der Waals surface area contributed by atoms with Gasteiger partial charge >= 0.3 is 0 Å². The van der Waals surface area contributed by atoms with Crippen LogP contribution in [-0.2, 0) is 6.54 Å². The van der Waals surface area contributed by atoms with Crippen LogP contribution in [0.1, 0.15) is 32.1 Å². The summed E-state index contributed by atoms with van der Waals surface area (Å²) in [6.45, 7) is 9.61. The van der Waals surface area contributed by atoms with Gasteiger partial charge in [-0.25, -0.2) is 0 Å². The lowest BCUT2D eigenvalue weighted by molar-refractivity contribution is 0.424. The van der Waals surface area contributed by atoms with Crippen LogP contribution in [0.5, 0.6) is 0 Å². The Kier molecular flexibility index (Phi) is 3.53. The summed E-state index contributed by atoms with van der Waals surface area (Å²) in [5.74, 6) is 1.67. The van der Waals surface area contributed by atoms with E-state index in [1.807, 2.05) is 19.1 Å². The van der Waals surface area contributed by atoms with E-state index < -0.39 is 0 Å². The van der Waals surface area contributed by atoms with E-state index in [0.717, 1.165) is 17.9 Å². The van der Waals surface area contributed by atoms with Crippen LogP contribution in [0.4, 0.5) is 0 Å². The Morgan fingerprint density at radius 1 is 1.18 bits per heavy atom. The summed E-state index contributed by atoms with van der Waals surface area (Å²) in [5, 5.41) is 4.79. The molecule has 0 amide bonds. The Bertz CT molecular complexity index is 499. The fourth-order valence-electron chi connectivity index (χ4n) is 1.94. The largest absolute Gasteiger partial charge is 0.461 e. The SMILES string of the molecule is Cc1oc2ccccc2c1CNC(C)C(C)C. The molecule has 2 rings (SSSR count). The molecule has 1 heterocycles. The molecule has 0 fully saturated rings. The third kappa shape index (κ3) is 2.52. The van der Waals surface area contributed by atoms with E-state index in [1.54, 1.807) is 0 Å². The maximum atomic E-state index is 5.75. The van der Waals surface area contributed by atoms with Crippen molar-refractivity contribution in [1.82, 2.24) is 5.32 Å². The molecule has 1 aromatic carbocycles. The standard InChI is InChI=1S/C15H21NO/c1-10(2)11(3)16-9-14-12(4)17-15-8-6-5-7-13(14)15/h5-8,10-11,16H,9H2,1-4H3. The number of para-hydroxylation sites is 1. The molecule has 2 nitrogen and oxygen atoms in total. The predicted molar refractivity (Wildman–Crippen MR) is 72.1 cm³/mol. The van der Waals surface area contributed by atoms with Crippen molar-refractivity contribution in [1.29, 1.82) is 0 Å². The maximum absolute atomic E-state index is 5.75. The van der Waals surface area contributed by atoms with Gasteiger partial charge in [-0.15, -0.1) is 0 Å². The second-order valence-corrected chi connectivity index (χ2v) is 5.05. The van der Waals surface area contributed by atoms with E-state index in [2.05, 4.69) is 38.2 Å². The first-order valence-electron chi connectivity index (χ1n) is 6.30. The lowest BCUT2D eigenvalue weighted by Gasteiger charge is -2.17. The van der Waals surface area contributed by atoms with Crippen LogP contribution in [0.15, 0.2) is 28.7 Å². The van der Waals surface area contributed by atoms with Crippen molar-refractivity contribution in [3.63, 3.8) is 0 Å². The van der Waals surface area contributed by atoms with Gasteiger partial charge in [-0.05, 0) is 25.8 Å². The fourth-order valence-corrected chi connectivity index (χ4v) is 1.94. The van der Waals surface area contributed by atoms with E-state index in [0.29, 0.717) is 12.0 Å². The second-order valence-electron chi connectivity index (χ2n) is 5.05. The first-order valence-corrected chi connectivity index (χ1v) is 6.30. The molecule has 2 heteroatoms. The molecule has 1 aromatic heterocycles. The van der Waals surface area contributed by atoms with Gasteiger partial charge in [0.05, 0.1) is 0 Å². The van der Waals surface area contributed by atoms with Crippen molar-refractivity contribution < 1.29 is 4.42 Å². The first kappa shape index (κ1) is 12.2. The van der Waals surface area contributed by atoms with Crippen LogP contribution in [0.2, 0.25) is 0 Å². The molecule has 1 N–H and O–H groups in total. The molecule has 1 atom stereocenters. The zero-order valence-electron chi connectivity index (χ0n) is 11.1. The average Bonchev–Trinajstić information content (AvgIpc) is 2.61. The Morgan fingerprint density at radius 3 is 2.59 bits per heavy atom. The van der Waals surface area contributed by atoms with E-state index in [1.165, 1.54) is 10.9 Å². The number of hydrogen-bond acceptors (Lipinski definition) is 2. The molecule has 1 unspecified atom stereocenters. The Labute approximate surface area is 103 Å². The van der Waals surface area contributed by atoms with Gasteiger partial charge in [-0.2, -0.15) is 0 Å². The van der Waals surface area contributed by atoms with Crippen LogP contribution in [0, 0.1) is 12.8 Å². The van der Waals surface area contributed by atoms with Crippen molar-refractivity contribution in [2.24, 2.45) is 5.92 Å². The molecular formula is C15H21NO. The molecule has 0 saturated heterocycles. The Hall–Kier alpha value is -1.28. The van der Waals surface area contributed by atoms with Crippen LogP contribution in [0.25, 0.3) is 11.0 Å². The number of nitrogens with one attached hydrogen (secondary N) is 1. The van der Waals surface area contributed by atoms with Gasteiger partial charge in [0.25, 0.3) is 0 Å². The van der Waals surface area contributed by atoms with E-state index in [-0.39, 0.29) is 0 Å². The van der Waals surface area contributed by atoms with Crippen LogP contribution >= 0.6 is 0 Å². The third-order valence-electron chi connectivity index (χ3n) is 3.50. The fraction of sp³-hybridized carbons (Fsp3) is 0.467. The van der Waals surface area contributed by atoms with Gasteiger partial charge in [0.2, 0.25) is 0 Å². The lowest BCUT2D eigenvalue weighted by atomic mass is 10.1. The molecule has 0 aliphatic heterocycles. The molecule has 2 aromatic rings. The Balaban J connectivity index is 2.21. The molecule has 92 valence electrons. The number of benzene rings is 1. The van der Waals surface area contributed by atoms with Crippen molar-refractivity contribution in [3.8, 4) is 0 Å². The summed E-state index contributed by atoms with van der Waals surface area (Å²) in [4.78, 5) is 0. The van der Waals surface area contributed by atoms with Crippen molar-refractivity contribution in [2.75, 3.05) is 0 Å². The minimum Gasteiger partial charge on any atom is -0.461 e. The van der Waals surface area contributed by atoms with E-state index in [4.69, 9.17) is 4.42 Å². The van der Waals surface area contributed by atoms with Crippen molar-refractivity contribution in [3.05, 3.63) is 35.6 Å². The molecule has 17 heavy (non-hydrogen) atoms. The van der Waals surface area contributed by atoms with Gasteiger partial charge in [0, 0.05) is 23.5 Å². The molecule has 0 aliphatic rings. The normalized spacial score (nSPS) is 13.5. The van der Waals surface area contributed by atoms with Crippen molar-refractivity contribution >= 4 is 11.0 Å². The molecular weight excluding hydrogens is 210 g/mol. The van der Waals surface area contributed by atoms with Gasteiger partial charge in [0.1, 0.15) is 11.3 Å². The number of rotatable bonds is 4. The summed E-state index contributed by atoms with van der Waals surface area (Å²) < 4.78 is 5.75. The summed E-state index contributed by atoms with van der Waals surface area (Å²) >= 11 is 0. The summed E-state index contributed by atoms with van der Waals surface area (Å²) in [6, 6.07) is 8.75. The van der Waals surface area contributed by atoms with Gasteiger partial charge in [-0.3, -0.25) is 0 Å². The predicted octanol–water partition coefficient (Wildman–Crippen LogP) is 3.88. The molecule has 0 aliphatic carbocycles. The topological polar surface area (TPSA) is 25.2 Å². The van der Waals surface area contributed by atoms with Crippen LogP contribution in [-0.4, -0.2) is 6.04 Å². The number of fused-ring (bicyclic) bond motifs is 1. The summed E-state index contributed by atoms with van der Waals surface area (Å²) in [6.07, 6.45) is 0. The molecule has 0 saturated carbocycles. The molecule has 0 radical (unpaired) electrons. The van der Waals surface area contributed by atoms with E-state index >= 15 is 0 Å². The number of aryl methyl sites for hydroxylation is 1. The highest BCUT2D eigenvalue weighted by Crippen LogP contribution is 2.25. The van der Waals surface area contributed by atoms with Gasteiger partial charge < -0.3 is 9.73 Å². The second kappa shape index (κ2) is 4.92. The summed E-state index contributed by atoms with van der Waals surface area (Å²) in [7, 11) is 0. The minimum absolute atomic E-state index is 0.517. The number of hydrogen-bond donors (Lipinski definition) is 1. The minimum atomic E-state index is 0.517. The maximum Gasteiger partial charge on any atom is 0.134 e. The monoisotopic (exact) mass is 231 g/mol. The highest BCUT2D eigenvalue weighted by Gasteiger charge is 2.12. The average molecular weight is 231 g/mol. The highest BCUT2D eigenvalue weighted by molar-refractivity contribution is 5.82. The third-order valence-corrected chi connectivity index (χ3v) is 3.50. The summed E-state index contributed by atoms with van der Waals surface area (Å²) in [5.41, 5.74) is 2.27. The Morgan fingerprint density at radius 2 is 1.88 bits per heavy atom. The van der Waals surface area contributed by atoms with Crippen LogP contribution in [0.3, 0.4) is 0 Å². The van der Waals surface area contributed by atoms with Crippen LogP contribution < -0.4 is 5.32 Å². The van der Waals surface area contributed by atoms with Gasteiger partial charge in [-0.1, -0.05) is 32.0 Å². The van der Waals surface area contributed by atoms with Gasteiger partial charge in [0.15, 0.2) is 0 Å². The highest BCUT2D eigenvalue weighted by atomic mass is 16.3. The molecule has 0 spiro atoms.